The van der Waals surface area contributed by atoms with Crippen molar-refractivity contribution in [3.8, 4) is 5.75 Å². The van der Waals surface area contributed by atoms with E-state index in [2.05, 4.69) is 0 Å². The molecule has 5 nitrogen and oxygen atoms in total. The Morgan fingerprint density at radius 3 is 2.53 bits per heavy atom. The zero-order valence-electron chi connectivity index (χ0n) is 7.75. The van der Waals surface area contributed by atoms with Crippen molar-refractivity contribution >= 4 is 11.9 Å². The SMILES string of the molecule is O=C(O)C1CN1C(=O)c1ccccc1O. The van der Waals surface area contributed by atoms with Crippen LogP contribution in [-0.2, 0) is 4.79 Å². The minimum atomic E-state index is -1.02. The molecule has 0 saturated carbocycles. The van der Waals surface area contributed by atoms with Gasteiger partial charge in [-0.3, -0.25) is 4.79 Å². The summed E-state index contributed by atoms with van der Waals surface area (Å²) in [5.74, 6) is -1.59. The van der Waals surface area contributed by atoms with Gasteiger partial charge in [0.15, 0.2) is 0 Å². The van der Waals surface area contributed by atoms with Crippen LogP contribution in [-0.4, -0.2) is 39.6 Å². The van der Waals surface area contributed by atoms with Gasteiger partial charge in [0, 0.05) is 0 Å². The molecule has 0 bridgehead atoms. The van der Waals surface area contributed by atoms with E-state index in [-0.39, 0.29) is 17.9 Å². The highest BCUT2D eigenvalue weighted by atomic mass is 16.4. The predicted octanol–water partition coefficient (Wildman–Crippen LogP) is 0.301. The van der Waals surface area contributed by atoms with Crippen LogP contribution in [0.4, 0.5) is 0 Å². The summed E-state index contributed by atoms with van der Waals surface area (Å²) in [6, 6.07) is 5.34. The molecule has 1 atom stereocenters. The minimum Gasteiger partial charge on any atom is -0.507 e. The molecule has 15 heavy (non-hydrogen) atoms. The van der Waals surface area contributed by atoms with Gasteiger partial charge in [-0.2, -0.15) is 0 Å². The number of hydrogen-bond donors (Lipinski definition) is 2. The number of aliphatic carboxylic acids is 1. The lowest BCUT2D eigenvalue weighted by molar-refractivity contribution is -0.137. The van der Waals surface area contributed by atoms with Crippen LogP contribution >= 0.6 is 0 Å². The standard InChI is InChI=1S/C10H9NO4/c12-8-4-2-1-3-6(8)9(13)11-5-7(11)10(14)15/h1-4,7,12H,5H2,(H,14,15). The molecule has 1 aliphatic rings. The normalized spacial score (nSPS) is 18.7. The van der Waals surface area contributed by atoms with Crippen LogP contribution < -0.4 is 0 Å². The second-order valence-corrected chi connectivity index (χ2v) is 3.33. The van der Waals surface area contributed by atoms with Crippen LogP contribution in [0.5, 0.6) is 5.75 Å². The molecule has 0 aromatic heterocycles. The third-order valence-corrected chi connectivity index (χ3v) is 2.29. The maximum Gasteiger partial charge on any atom is 0.328 e. The number of phenols is 1. The summed E-state index contributed by atoms with van der Waals surface area (Å²) >= 11 is 0. The highest BCUT2D eigenvalue weighted by molar-refractivity contribution is 6.01. The number of nitrogens with zero attached hydrogens (tertiary/aromatic N) is 1. The molecule has 0 aliphatic carbocycles. The van der Waals surface area contributed by atoms with E-state index >= 15 is 0 Å². The lowest BCUT2D eigenvalue weighted by atomic mass is 10.2. The van der Waals surface area contributed by atoms with Crippen LogP contribution in [0, 0.1) is 0 Å². The molecule has 1 aromatic carbocycles. The fraction of sp³-hybridized carbons (Fsp3) is 0.200. The molecule has 1 amide bonds. The third kappa shape index (κ3) is 1.63. The first-order valence-corrected chi connectivity index (χ1v) is 4.43. The van der Waals surface area contributed by atoms with Crippen molar-refractivity contribution in [2.24, 2.45) is 0 Å². The first-order chi connectivity index (χ1) is 7.11. The smallest absolute Gasteiger partial charge is 0.328 e. The summed E-state index contributed by atoms with van der Waals surface area (Å²) < 4.78 is 0. The Morgan fingerprint density at radius 2 is 2.00 bits per heavy atom. The molecule has 78 valence electrons. The zero-order valence-corrected chi connectivity index (χ0v) is 7.75. The van der Waals surface area contributed by atoms with Crippen molar-refractivity contribution < 1.29 is 19.8 Å². The van der Waals surface area contributed by atoms with E-state index in [4.69, 9.17) is 5.11 Å². The summed E-state index contributed by atoms with van der Waals surface area (Å²) in [4.78, 5) is 23.4. The maximum atomic E-state index is 11.6. The van der Waals surface area contributed by atoms with E-state index < -0.39 is 17.9 Å². The number of para-hydroxylation sites is 1. The van der Waals surface area contributed by atoms with Crippen molar-refractivity contribution in [1.29, 1.82) is 0 Å². The predicted molar refractivity (Wildman–Crippen MR) is 50.6 cm³/mol. The van der Waals surface area contributed by atoms with Crippen molar-refractivity contribution in [1.82, 2.24) is 4.90 Å². The van der Waals surface area contributed by atoms with E-state index in [1.807, 2.05) is 0 Å². The highest BCUT2D eigenvalue weighted by Crippen LogP contribution is 2.25. The van der Waals surface area contributed by atoms with Gasteiger partial charge in [-0.25, -0.2) is 4.79 Å². The Hall–Kier alpha value is -2.04. The molecule has 1 saturated heterocycles. The Labute approximate surface area is 85.6 Å². The summed E-state index contributed by atoms with van der Waals surface area (Å²) in [7, 11) is 0. The van der Waals surface area contributed by atoms with Gasteiger partial charge in [-0.1, -0.05) is 12.1 Å². The third-order valence-electron chi connectivity index (χ3n) is 2.29. The molecule has 2 rings (SSSR count). The molecule has 1 aromatic rings. The quantitative estimate of drug-likeness (QED) is 0.684. The van der Waals surface area contributed by atoms with Gasteiger partial charge in [0.1, 0.15) is 11.8 Å². The van der Waals surface area contributed by atoms with Gasteiger partial charge in [0.2, 0.25) is 0 Å². The van der Waals surface area contributed by atoms with E-state index in [0.717, 1.165) is 0 Å². The fourth-order valence-electron chi connectivity index (χ4n) is 1.38. The van der Waals surface area contributed by atoms with Gasteiger partial charge in [0.25, 0.3) is 5.91 Å². The second kappa shape index (κ2) is 3.27. The lowest BCUT2D eigenvalue weighted by Gasteiger charge is -2.04. The van der Waals surface area contributed by atoms with Crippen LogP contribution in [0.1, 0.15) is 10.4 Å². The minimum absolute atomic E-state index is 0.126. The lowest BCUT2D eigenvalue weighted by Crippen LogP contribution is -2.18. The number of carboxylic acids is 1. The topological polar surface area (TPSA) is 77.6 Å². The van der Waals surface area contributed by atoms with Gasteiger partial charge in [0.05, 0.1) is 12.1 Å². The number of rotatable bonds is 2. The monoisotopic (exact) mass is 207 g/mol. The number of amides is 1. The first-order valence-electron chi connectivity index (χ1n) is 4.43. The number of hydrogen-bond acceptors (Lipinski definition) is 3. The molecule has 1 heterocycles. The zero-order chi connectivity index (χ0) is 11.0. The second-order valence-electron chi connectivity index (χ2n) is 3.33. The largest absolute Gasteiger partial charge is 0.507 e. The van der Waals surface area contributed by atoms with Crippen LogP contribution in [0.2, 0.25) is 0 Å². The van der Waals surface area contributed by atoms with Crippen LogP contribution in [0.3, 0.4) is 0 Å². The van der Waals surface area contributed by atoms with E-state index in [0.29, 0.717) is 0 Å². The number of benzene rings is 1. The molecule has 5 heteroatoms. The molecule has 1 aliphatic heterocycles. The number of phenolic OH excluding ortho intramolecular Hbond substituents is 1. The number of carbonyl (C=O) groups excluding carboxylic acids is 1. The fourth-order valence-corrected chi connectivity index (χ4v) is 1.38. The Balaban J connectivity index is 2.17. The summed E-state index contributed by atoms with van der Waals surface area (Å²) in [6.45, 7) is 0.211. The summed E-state index contributed by atoms with van der Waals surface area (Å²) in [6.07, 6.45) is 0. The summed E-state index contributed by atoms with van der Waals surface area (Å²) in [5, 5.41) is 18.0. The molecule has 1 fully saturated rings. The van der Waals surface area contributed by atoms with Crippen LogP contribution in [0.15, 0.2) is 24.3 Å². The average Bonchev–Trinajstić information content (AvgIpc) is 2.97. The number of carboxylic acid groups (broad SMARTS) is 1. The van der Waals surface area contributed by atoms with E-state index in [1.54, 1.807) is 12.1 Å². The number of carbonyl (C=O) groups is 2. The highest BCUT2D eigenvalue weighted by Gasteiger charge is 2.45. The van der Waals surface area contributed by atoms with Gasteiger partial charge in [-0.15, -0.1) is 0 Å². The van der Waals surface area contributed by atoms with E-state index in [1.165, 1.54) is 17.0 Å². The van der Waals surface area contributed by atoms with Crippen molar-refractivity contribution in [3.63, 3.8) is 0 Å². The molecule has 0 radical (unpaired) electrons. The van der Waals surface area contributed by atoms with E-state index in [9.17, 15) is 14.7 Å². The van der Waals surface area contributed by atoms with Crippen molar-refractivity contribution in [2.75, 3.05) is 6.54 Å². The Kier molecular flexibility index (Phi) is 2.07. The molecular weight excluding hydrogens is 198 g/mol. The molecule has 0 spiro atoms. The molecule has 1 unspecified atom stereocenters. The van der Waals surface area contributed by atoms with Crippen LogP contribution in [0.25, 0.3) is 0 Å². The van der Waals surface area contributed by atoms with Gasteiger partial charge >= 0.3 is 5.97 Å². The Morgan fingerprint density at radius 1 is 1.33 bits per heavy atom. The number of aromatic hydroxyl groups is 1. The van der Waals surface area contributed by atoms with Crippen molar-refractivity contribution in [2.45, 2.75) is 6.04 Å². The maximum absolute atomic E-state index is 11.6. The first kappa shape index (κ1) is 9.51. The average molecular weight is 207 g/mol. The molecular formula is C10H9NO4. The molecule has 2 N–H and O–H groups in total. The van der Waals surface area contributed by atoms with Gasteiger partial charge < -0.3 is 15.1 Å². The van der Waals surface area contributed by atoms with Crippen molar-refractivity contribution in [3.05, 3.63) is 29.8 Å². The van der Waals surface area contributed by atoms with Gasteiger partial charge in [-0.05, 0) is 12.1 Å². The summed E-state index contributed by atoms with van der Waals surface area (Å²) in [5.41, 5.74) is 0.140. The Bertz CT molecular complexity index is 429.